The van der Waals surface area contributed by atoms with E-state index < -0.39 is 0 Å². The lowest BCUT2D eigenvalue weighted by atomic mass is 10.6. The van der Waals surface area contributed by atoms with E-state index in [4.69, 9.17) is 6.57 Å². The van der Waals surface area contributed by atoms with Gasteiger partial charge in [0, 0.05) is 11.9 Å². The largest absolute Gasteiger partial charge is 0.397 e. The summed E-state index contributed by atoms with van der Waals surface area (Å²) < 4.78 is 0. The van der Waals surface area contributed by atoms with Crippen molar-refractivity contribution in [2.45, 2.75) is 20.8 Å². The third-order valence-corrected chi connectivity index (χ3v) is 1.63. The second-order valence-electron chi connectivity index (χ2n) is 3.15. The van der Waals surface area contributed by atoms with Crippen LogP contribution < -0.4 is 0 Å². The van der Waals surface area contributed by atoms with E-state index >= 15 is 0 Å². The Hall–Kier alpha value is -2.09. The quantitative estimate of drug-likeness (QED) is 0.645. The summed E-state index contributed by atoms with van der Waals surface area (Å²) in [7, 11) is 0. The minimum absolute atomic E-state index is 0.363. The molecule has 0 bridgehead atoms. The van der Waals surface area contributed by atoms with E-state index in [2.05, 4.69) is 24.8 Å². The molecule has 2 rings (SSSR count). The standard InChI is InChI=1S/C5H5N3.C5H8N2/c1-4-3-7-5(6-2)8-4;1-4-3-6-5(2)7-4/h3H,1H3,(H,7,8);3H,1-2H3,(H,6,7). The van der Waals surface area contributed by atoms with E-state index in [-0.39, 0.29) is 0 Å². The van der Waals surface area contributed by atoms with Crippen LogP contribution in [0.3, 0.4) is 0 Å². The van der Waals surface area contributed by atoms with Crippen LogP contribution in [0, 0.1) is 27.3 Å². The molecule has 0 aliphatic carbocycles. The fraction of sp³-hybridized carbons (Fsp3) is 0.300. The summed E-state index contributed by atoms with van der Waals surface area (Å²) in [6.07, 6.45) is 3.45. The van der Waals surface area contributed by atoms with Crippen molar-refractivity contribution < 1.29 is 0 Å². The Labute approximate surface area is 88.4 Å². The average molecular weight is 203 g/mol. The van der Waals surface area contributed by atoms with Crippen LogP contribution in [-0.4, -0.2) is 19.9 Å². The Morgan fingerprint density at radius 2 is 1.67 bits per heavy atom. The Morgan fingerprint density at radius 1 is 1.07 bits per heavy atom. The van der Waals surface area contributed by atoms with Crippen molar-refractivity contribution in [2.75, 3.05) is 0 Å². The van der Waals surface area contributed by atoms with Crippen LogP contribution in [0.1, 0.15) is 17.2 Å². The second kappa shape index (κ2) is 4.96. The summed E-state index contributed by atoms with van der Waals surface area (Å²) in [5.74, 6) is 1.35. The number of nitrogens with one attached hydrogen (secondary N) is 2. The van der Waals surface area contributed by atoms with Gasteiger partial charge < -0.3 is 14.8 Å². The van der Waals surface area contributed by atoms with Crippen LogP contribution in [0.5, 0.6) is 0 Å². The number of hydrogen-bond donors (Lipinski definition) is 2. The maximum absolute atomic E-state index is 6.49. The first-order valence-electron chi connectivity index (χ1n) is 4.49. The van der Waals surface area contributed by atoms with Gasteiger partial charge in [0.15, 0.2) is 0 Å². The summed E-state index contributed by atoms with van der Waals surface area (Å²) in [5, 5.41) is 0. The van der Waals surface area contributed by atoms with Gasteiger partial charge in [-0.05, 0) is 20.8 Å². The molecule has 0 aliphatic rings. The molecule has 15 heavy (non-hydrogen) atoms. The lowest BCUT2D eigenvalue weighted by molar-refractivity contribution is 1.13. The fourth-order valence-corrected chi connectivity index (χ4v) is 0.999. The molecule has 0 saturated heterocycles. The lowest BCUT2D eigenvalue weighted by Crippen LogP contribution is -1.70. The van der Waals surface area contributed by atoms with Gasteiger partial charge >= 0.3 is 5.95 Å². The predicted molar refractivity (Wildman–Crippen MR) is 57.6 cm³/mol. The van der Waals surface area contributed by atoms with Gasteiger partial charge in [-0.15, -0.1) is 6.57 Å². The average Bonchev–Trinajstić information content (AvgIpc) is 2.76. The normalized spacial score (nSPS) is 8.93. The molecule has 2 N–H and O–H groups in total. The van der Waals surface area contributed by atoms with Gasteiger partial charge in [-0.1, -0.05) is 0 Å². The SMILES string of the molecule is Cc1cnc(C)[nH]1.[C-]#[N+]c1ncc(C)[nH]1. The number of aromatic amines is 2. The van der Waals surface area contributed by atoms with Crippen LogP contribution in [-0.2, 0) is 0 Å². The first kappa shape index (κ1) is 11.0. The Balaban J connectivity index is 0.000000151. The highest BCUT2D eigenvalue weighted by atomic mass is 15.0. The monoisotopic (exact) mass is 203 g/mol. The van der Waals surface area contributed by atoms with E-state index in [0.29, 0.717) is 5.95 Å². The molecule has 0 amide bonds. The number of nitrogens with zero attached hydrogens (tertiary/aromatic N) is 3. The molecule has 0 saturated carbocycles. The number of rotatable bonds is 0. The van der Waals surface area contributed by atoms with Crippen molar-refractivity contribution in [2.24, 2.45) is 0 Å². The smallest absolute Gasteiger partial charge is 0.336 e. The van der Waals surface area contributed by atoms with E-state index in [1.165, 1.54) is 0 Å². The number of H-pyrrole nitrogens is 2. The zero-order valence-corrected chi connectivity index (χ0v) is 9.00. The third kappa shape index (κ3) is 3.65. The van der Waals surface area contributed by atoms with E-state index in [1.807, 2.05) is 27.0 Å². The summed E-state index contributed by atoms with van der Waals surface area (Å²) in [6.45, 7) is 12.3. The van der Waals surface area contributed by atoms with Crippen LogP contribution in [0.4, 0.5) is 5.95 Å². The molecule has 78 valence electrons. The fourth-order valence-electron chi connectivity index (χ4n) is 0.999. The molecule has 0 unspecified atom stereocenters. The Morgan fingerprint density at radius 3 is 1.87 bits per heavy atom. The van der Waals surface area contributed by atoms with Crippen LogP contribution >= 0.6 is 0 Å². The Kier molecular flexibility index (Phi) is 3.63. The summed E-state index contributed by atoms with van der Waals surface area (Å²) in [4.78, 5) is 16.5. The molecule has 0 radical (unpaired) electrons. The topological polar surface area (TPSA) is 61.7 Å². The van der Waals surface area contributed by atoms with Crippen molar-refractivity contribution in [3.05, 3.63) is 41.0 Å². The molecule has 0 fully saturated rings. The second-order valence-corrected chi connectivity index (χ2v) is 3.15. The van der Waals surface area contributed by atoms with Crippen LogP contribution in [0.25, 0.3) is 4.85 Å². The van der Waals surface area contributed by atoms with Crippen molar-refractivity contribution >= 4 is 5.95 Å². The molecule has 0 spiro atoms. The molecular formula is C10H13N5. The van der Waals surface area contributed by atoms with E-state index in [9.17, 15) is 0 Å². The highest BCUT2D eigenvalue weighted by Crippen LogP contribution is 2.02. The van der Waals surface area contributed by atoms with Crippen LogP contribution in [0.2, 0.25) is 0 Å². The molecule has 5 nitrogen and oxygen atoms in total. The minimum Gasteiger partial charge on any atom is -0.397 e. The third-order valence-electron chi connectivity index (χ3n) is 1.63. The van der Waals surface area contributed by atoms with Crippen molar-refractivity contribution in [3.63, 3.8) is 0 Å². The molecule has 0 aliphatic heterocycles. The molecule has 2 heterocycles. The maximum atomic E-state index is 6.49. The van der Waals surface area contributed by atoms with Crippen molar-refractivity contribution in [1.82, 2.24) is 19.9 Å². The minimum atomic E-state index is 0.363. The van der Waals surface area contributed by atoms with Crippen molar-refractivity contribution in [3.8, 4) is 0 Å². The van der Waals surface area contributed by atoms with Gasteiger partial charge in [0.05, 0.1) is 5.69 Å². The number of hydrogen-bond acceptors (Lipinski definition) is 2. The molecule has 0 aromatic carbocycles. The van der Waals surface area contributed by atoms with E-state index in [1.54, 1.807) is 6.20 Å². The van der Waals surface area contributed by atoms with Gasteiger partial charge in [-0.3, -0.25) is 0 Å². The van der Waals surface area contributed by atoms with Gasteiger partial charge in [0.2, 0.25) is 0 Å². The predicted octanol–water partition coefficient (Wildman–Crippen LogP) is 2.30. The summed E-state index contributed by atoms with van der Waals surface area (Å²) >= 11 is 0. The first-order chi connectivity index (χ1) is 7.11. The number of aromatic nitrogens is 4. The van der Waals surface area contributed by atoms with Gasteiger partial charge in [-0.2, -0.15) is 4.98 Å². The summed E-state index contributed by atoms with van der Waals surface area (Å²) in [5.41, 5.74) is 2.05. The summed E-state index contributed by atoms with van der Waals surface area (Å²) in [6, 6.07) is 0. The molecule has 2 aromatic heterocycles. The van der Waals surface area contributed by atoms with Gasteiger partial charge in [-0.25, -0.2) is 4.98 Å². The van der Waals surface area contributed by atoms with Gasteiger partial charge in [0.1, 0.15) is 12.0 Å². The first-order valence-corrected chi connectivity index (χ1v) is 4.49. The zero-order valence-electron chi connectivity index (χ0n) is 9.00. The Bertz CT molecular complexity index is 444. The highest BCUT2D eigenvalue weighted by Gasteiger charge is 1.92. The lowest BCUT2D eigenvalue weighted by Gasteiger charge is -1.74. The van der Waals surface area contributed by atoms with E-state index in [0.717, 1.165) is 17.2 Å². The zero-order chi connectivity index (χ0) is 11.3. The molecule has 0 atom stereocenters. The number of aryl methyl sites for hydroxylation is 3. The highest BCUT2D eigenvalue weighted by molar-refractivity contribution is 5.25. The molecular weight excluding hydrogens is 190 g/mol. The van der Waals surface area contributed by atoms with Crippen molar-refractivity contribution in [1.29, 1.82) is 0 Å². The van der Waals surface area contributed by atoms with Gasteiger partial charge in [0.25, 0.3) is 0 Å². The molecule has 5 heteroatoms. The molecule has 2 aromatic rings. The number of imidazole rings is 2. The maximum Gasteiger partial charge on any atom is 0.336 e. The van der Waals surface area contributed by atoms with Crippen LogP contribution in [0.15, 0.2) is 12.4 Å².